The van der Waals surface area contributed by atoms with Crippen molar-refractivity contribution in [2.45, 2.75) is 5.25 Å². The SMILES string of the molecule is COc1ccc(Cl)cc1NC(=O)C1CSCCS1. The Kier molecular flexibility index (Phi) is 5.09. The van der Waals surface area contributed by atoms with E-state index in [0.717, 1.165) is 17.3 Å². The Labute approximate surface area is 120 Å². The maximum absolute atomic E-state index is 12.1. The Morgan fingerprint density at radius 1 is 1.50 bits per heavy atom. The number of halogens is 1. The molecule has 1 aromatic rings. The van der Waals surface area contributed by atoms with E-state index in [1.54, 1.807) is 37.1 Å². The third-order valence-corrected chi connectivity index (χ3v) is 5.52. The van der Waals surface area contributed by atoms with Crippen LogP contribution < -0.4 is 10.1 Å². The highest BCUT2D eigenvalue weighted by molar-refractivity contribution is 8.07. The normalized spacial score (nSPS) is 19.3. The van der Waals surface area contributed by atoms with Gasteiger partial charge < -0.3 is 10.1 Å². The molecule has 0 radical (unpaired) electrons. The fourth-order valence-electron chi connectivity index (χ4n) is 1.63. The van der Waals surface area contributed by atoms with Crippen molar-refractivity contribution in [1.29, 1.82) is 0 Å². The molecule has 1 saturated heterocycles. The molecule has 1 N–H and O–H groups in total. The first kappa shape index (κ1) is 13.9. The van der Waals surface area contributed by atoms with Crippen LogP contribution in [0.1, 0.15) is 0 Å². The van der Waals surface area contributed by atoms with Crippen molar-refractivity contribution in [3.8, 4) is 5.75 Å². The van der Waals surface area contributed by atoms with Crippen LogP contribution in [0.3, 0.4) is 0 Å². The van der Waals surface area contributed by atoms with Crippen LogP contribution >= 0.6 is 35.1 Å². The lowest BCUT2D eigenvalue weighted by atomic mass is 10.3. The molecule has 18 heavy (non-hydrogen) atoms. The van der Waals surface area contributed by atoms with Gasteiger partial charge in [-0.15, -0.1) is 11.8 Å². The molecule has 3 nitrogen and oxygen atoms in total. The predicted octanol–water partition coefficient (Wildman–Crippen LogP) is 3.14. The number of methoxy groups -OCH3 is 1. The molecule has 1 amide bonds. The first-order valence-corrected chi connectivity index (χ1v) is 8.12. The largest absolute Gasteiger partial charge is 0.495 e. The van der Waals surface area contributed by atoms with Crippen LogP contribution in [0.25, 0.3) is 0 Å². The molecule has 1 aliphatic rings. The van der Waals surface area contributed by atoms with E-state index in [4.69, 9.17) is 16.3 Å². The van der Waals surface area contributed by atoms with Crippen LogP contribution in [0.2, 0.25) is 5.02 Å². The van der Waals surface area contributed by atoms with Gasteiger partial charge in [0.25, 0.3) is 0 Å². The van der Waals surface area contributed by atoms with Crippen LogP contribution in [0.5, 0.6) is 5.75 Å². The van der Waals surface area contributed by atoms with Crippen LogP contribution in [0.4, 0.5) is 5.69 Å². The van der Waals surface area contributed by atoms with Gasteiger partial charge in [-0.25, -0.2) is 0 Å². The molecule has 1 unspecified atom stereocenters. The number of thioether (sulfide) groups is 2. The van der Waals surface area contributed by atoms with E-state index in [9.17, 15) is 4.79 Å². The Morgan fingerprint density at radius 2 is 2.33 bits per heavy atom. The summed E-state index contributed by atoms with van der Waals surface area (Å²) in [5.41, 5.74) is 0.631. The third kappa shape index (κ3) is 3.49. The lowest BCUT2D eigenvalue weighted by Gasteiger charge is -2.20. The number of hydrogen-bond donors (Lipinski definition) is 1. The smallest absolute Gasteiger partial charge is 0.238 e. The number of ether oxygens (including phenoxy) is 1. The van der Waals surface area contributed by atoms with Gasteiger partial charge in [0.2, 0.25) is 5.91 Å². The number of nitrogens with one attached hydrogen (secondary N) is 1. The van der Waals surface area contributed by atoms with Crippen molar-refractivity contribution in [2.24, 2.45) is 0 Å². The molecule has 0 saturated carbocycles. The fourth-order valence-corrected chi connectivity index (χ4v) is 4.36. The maximum atomic E-state index is 12.1. The topological polar surface area (TPSA) is 38.3 Å². The molecule has 98 valence electrons. The second kappa shape index (κ2) is 6.59. The minimum absolute atomic E-state index is 0.00689. The van der Waals surface area contributed by atoms with Gasteiger partial charge in [-0.3, -0.25) is 4.79 Å². The first-order valence-electron chi connectivity index (χ1n) is 5.54. The second-order valence-electron chi connectivity index (χ2n) is 3.77. The molecule has 1 aromatic carbocycles. The molecule has 0 bridgehead atoms. The Morgan fingerprint density at radius 3 is 3.00 bits per heavy atom. The highest BCUT2D eigenvalue weighted by Gasteiger charge is 2.23. The van der Waals surface area contributed by atoms with E-state index < -0.39 is 0 Å². The van der Waals surface area contributed by atoms with E-state index >= 15 is 0 Å². The van der Waals surface area contributed by atoms with Gasteiger partial charge in [0.05, 0.1) is 18.0 Å². The molecule has 1 fully saturated rings. The highest BCUT2D eigenvalue weighted by atomic mass is 35.5. The minimum atomic E-state index is 0.00689. The molecule has 0 aromatic heterocycles. The monoisotopic (exact) mass is 303 g/mol. The summed E-state index contributed by atoms with van der Waals surface area (Å²) in [5.74, 6) is 3.65. The number of carbonyl (C=O) groups is 1. The summed E-state index contributed by atoms with van der Waals surface area (Å²) >= 11 is 9.44. The number of amides is 1. The summed E-state index contributed by atoms with van der Waals surface area (Å²) < 4.78 is 5.20. The highest BCUT2D eigenvalue weighted by Crippen LogP contribution is 2.30. The summed E-state index contributed by atoms with van der Waals surface area (Å²) in [6.07, 6.45) is 0. The van der Waals surface area contributed by atoms with E-state index in [-0.39, 0.29) is 11.2 Å². The maximum Gasteiger partial charge on any atom is 0.238 e. The van der Waals surface area contributed by atoms with Crippen LogP contribution in [-0.2, 0) is 4.79 Å². The molecule has 0 spiro atoms. The minimum Gasteiger partial charge on any atom is -0.495 e. The van der Waals surface area contributed by atoms with Crippen molar-refractivity contribution < 1.29 is 9.53 Å². The van der Waals surface area contributed by atoms with Crippen LogP contribution in [0.15, 0.2) is 18.2 Å². The van der Waals surface area contributed by atoms with Crippen molar-refractivity contribution >= 4 is 46.7 Å². The number of carbonyl (C=O) groups excluding carboxylic acids is 1. The van der Waals surface area contributed by atoms with E-state index in [2.05, 4.69) is 5.32 Å². The zero-order chi connectivity index (χ0) is 13.0. The predicted molar refractivity (Wildman–Crippen MR) is 80.2 cm³/mol. The average molecular weight is 304 g/mol. The molecule has 1 atom stereocenters. The van der Waals surface area contributed by atoms with Gasteiger partial charge in [0, 0.05) is 22.3 Å². The molecular formula is C12H14ClNO2S2. The summed E-state index contributed by atoms with van der Waals surface area (Å²) in [7, 11) is 1.57. The quantitative estimate of drug-likeness (QED) is 0.931. The molecule has 1 heterocycles. The third-order valence-electron chi connectivity index (χ3n) is 2.53. The molecule has 6 heteroatoms. The van der Waals surface area contributed by atoms with Crippen LogP contribution in [-0.4, -0.2) is 35.5 Å². The Hall–Kier alpha value is -0.520. The van der Waals surface area contributed by atoms with Crippen molar-refractivity contribution in [3.05, 3.63) is 23.2 Å². The zero-order valence-corrected chi connectivity index (χ0v) is 12.3. The number of hydrogen-bond acceptors (Lipinski definition) is 4. The Balaban J connectivity index is 2.07. The lowest BCUT2D eigenvalue weighted by molar-refractivity contribution is -0.115. The Bertz CT molecular complexity index is 436. The first-order chi connectivity index (χ1) is 8.70. The van der Waals surface area contributed by atoms with Gasteiger partial charge in [-0.05, 0) is 18.2 Å². The number of rotatable bonds is 3. The van der Waals surface area contributed by atoms with Crippen molar-refractivity contribution in [2.75, 3.05) is 29.7 Å². The molecule has 0 aliphatic carbocycles. The van der Waals surface area contributed by atoms with Crippen molar-refractivity contribution in [1.82, 2.24) is 0 Å². The molecule has 1 aliphatic heterocycles. The summed E-state index contributed by atoms with van der Waals surface area (Å²) in [6, 6.07) is 5.20. The van der Waals surface area contributed by atoms with Crippen LogP contribution in [0, 0.1) is 0 Å². The standard InChI is InChI=1S/C12H14ClNO2S2/c1-16-10-3-2-8(13)6-9(10)14-12(15)11-7-17-4-5-18-11/h2-3,6,11H,4-5,7H2,1H3,(H,14,15). The lowest BCUT2D eigenvalue weighted by Crippen LogP contribution is -2.30. The second-order valence-corrected chi connectivity index (χ2v) is 6.67. The van der Waals surface area contributed by atoms with Crippen molar-refractivity contribution in [3.63, 3.8) is 0 Å². The van der Waals surface area contributed by atoms with Gasteiger partial charge >= 0.3 is 0 Å². The summed E-state index contributed by atoms with van der Waals surface area (Å²) in [4.78, 5) is 12.1. The summed E-state index contributed by atoms with van der Waals surface area (Å²) in [5, 5.41) is 3.48. The van der Waals surface area contributed by atoms with E-state index in [1.807, 2.05) is 11.8 Å². The summed E-state index contributed by atoms with van der Waals surface area (Å²) in [6.45, 7) is 0. The number of benzene rings is 1. The molecular weight excluding hydrogens is 290 g/mol. The van der Waals surface area contributed by atoms with Gasteiger partial charge in [0.15, 0.2) is 0 Å². The van der Waals surface area contributed by atoms with E-state index in [1.165, 1.54) is 0 Å². The van der Waals surface area contributed by atoms with E-state index in [0.29, 0.717) is 16.5 Å². The van der Waals surface area contributed by atoms with Gasteiger partial charge in [-0.2, -0.15) is 11.8 Å². The zero-order valence-electron chi connectivity index (χ0n) is 9.94. The average Bonchev–Trinajstić information content (AvgIpc) is 2.40. The van der Waals surface area contributed by atoms with Gasteiger partial charge in [0.1, 0.15) is 5.75 Å². The fraction of sp³-hybridized carbons (Fsp3) is 0.417. The molecule has 2 rings (SSSR count). The number of anilines is 1. The van der Waals surface area contributed by atoms with Gasteiger partial charge in [-0.1, -0.05) is 11.6 Å².